The first-order valence-electron chi connectivity index (χ1n) is 12.8. The number of hydrogen-bond donors (Lipinski definition) is 1. The highest BCUT2D eigenvalue weighted by atomic mass is 32.2. The van der Waals surface area contributed by atoms with Crippen molar-refractivity contribution in [3.8, 4) is 11.5 Å². The van der Waals surface area contributed by atoms with Gasteiger partial charge in [0.15, 0.2) is 0 Å². The van der Waals surface area contributed by atoms with Gasteiger partial charge in [-0.3, -0.25) is 4.90 Å². The maximum absolute atomic E-state index is 13.3. The van der Waals surface area contributed by atoms with Gasteiger partial charge in [0, 0.05) is 31.8 Å². The normalized spacial score (nSPS) is 13.9. The summed E-state index contributed by atoms with van der Waals surface area (Å²) in [5.74, 6) is 0.173. The van der Waals surface area contributed by atoms with Crippen LogP contribution in [0.5, 0.6) is 11.5 Å². The number of fused-ring (bicyclic) bond motifs is 1. The Hall–Kier alpha value is -4.12. The number of rotatable bonds is 8. The van der Waals surface area contributed by atoms with Crippen LogP contribution < -0.4 is 9.04 Å². The molecule has 4 rings (SSSR count). The van der Waals surface area contributed by atoms with Crippen LogP contribution in [-0.2, 0) is 32.4 Å². The van der Waals surface area contributed by atoms with E-state index >= 15 is 0 Å². The average molecular weight is 568 g/mol. The second kappa shape index (κ2) is 11.2. The van der Waals surface area contributed by atoms with E-state index in [4.69, 9.17) is 9.47 Å². The number of likely N-dealkylation sites (N-methyl/N-ethyl adjacent to an activating group) is 1. The Kier molecular flexibility index (Phi) is 8.06. The lowest BCUT2D eigenvalue weighted by Crippen LogP contribution is -2.46. The van der Waals surface area contributed by atoms with Crippen LogP contribution in [0.4, 0.5) is 10.6 Å². The van der Waals surface area contributed by atoms with E-state index in [9.17, 15) is 23.1 Å². The standard InChI is InChI=1S/C29H33N3O7S/c1-19-6-12-22(13-7-19)40(36,37)32-17-15-23-25(14-16-30-26(23)32)38-21-10-8-20(9-11-21)18-24(27(33)34)31(5)28(35)39-29(2,3)4/h6-14,16,24H,15,17-18H2,1-5H3,(H,33,34)/t24-/m0/s1. The topological polar surface area (TPSA) is 126 Å². The van der Waals surface area contributed by atoms with E-state index < -0.39 is 33.7 Å². The molecule has 2 aromatic carbocycles. The predicted molar refractivity (Wildman–Crippen MR) is 149 cm³/mol. The monoisotopic (exact) mass is 567 g/mol. The van der Waals surface area contributed by atoms with Gasteiger partial charge in [-0.15, -0.1) is 0 Å². The molecule has 10 nitrogen and oxygen atoms in total. The van der Waals surface area contributed by atoms with Crippen molar-refractivity contribution in [2.45, 2.75) is 57.1 Å². The lowest BCUT2D eigenvalue weighted by molar-refractivity contribution is -0.142. The Morgan fingerprint density at radius 3 is 2.33 bits per heavy atom. The molecular weight excluding hydrogens is 534 g/mol. The molecule has 1 aliphatic rings. The van der Waals surface area contributed by atoms with Gasteiger partial charge >= 0.3 is 12.1 Å². The molecule has 1 aromatic heterocycles. The van der Waals surface area contributed by atoms with Crippen LogP contribution in [-0.4, -0.2) is 60.7 Å². The van der Waals surface area contributed by atoms with Crippen molar-refractivity contribution >= 4 is 27.9 Å². The van der Waals surface area contributed by atoms with E-state index in [-0.39, 0.29) is 17.9 Å². The number of carbonyl (C=O) groups is 2. The number of benzene rings is 2. The molecule has 0 unspecified atom stereocenters. The first-order chi connectivity index (χ1) is 18.8. The van der Waals surface area contributed by atoms with Crippen molar-refractivity contribution in [3.63, 3.8) is 0 Å². The maximum atomic E-state index is 13.3. The number of aromatic nitrogens is 1. The van der Waals surface area contributed by atoms with Crippen molar-refractivity contribution in [3.05, 3.63) is 77.5 Å². The molecule has 1 N–H and O–H groups in total. The number of sulfonamides is 1. The first kappa shape index (κ1) is 28.9. The fourth-order valence-corrected chi connectivity index (χ4v) is 5.75. The Labute approximate surface area is 234 Å². The Morgan fingerprint density at radius 1 is 1.07 bits per heavy atom. The van der Waals surface area contributed by atoms with Gasteiger partial charge < -0.3 is 14.6 Å². The number of carbonyl (C=O) groups excluding carboxylic acids is 1. The largest absolute Gasteiger partial charge is 0.480 e. The second-order valence-corrected chi connectivity index (χ2v) is 12.5. The number of ether oxygens (including phenoxy) is 2. The minimum Gasteiger partial charge on any atom is -0.480 e. The third-order valence-corrected chi connectivity index (χ3v) is 8.22. The summed E-state index contributed by atoms with van der Waals surface area (Å²) in [4.78, 5) is 29.9. The minimum absolute atomic E-state index is 0.0713. The fraction of sp³-hybridized carbons (Fsp3) is 0.345. The third kappa shape index (κ3) is 6.36. The molecule has 0 spiro atoms. The number of carboxylic acid groups (broad SMARTS) is 1. The minimum atomic E-state index is -3.78. The Balaban J connectivity index is 1.49. The summed E-state index contributed by atoms with van der Waals surface area (Å²) in [7, 11) is -2.38. The SMILES string of the molecule is Cc1ccc(S(=O)(=O)N2CCc3c(Oc4ccc(C[C@@H](C(=O)O)N(C)C(=O)OC(C)(C)C)cc4)ccnc32)cc1. The van der Waals surface area contributed by atoms with Gasteiger partial charge in [-0.05, 0) is 70.0 Å². The number of aliphatic carboxylic acids is 1. The third-order valence-electron chi connectivity index (χ3n) is 6.41. The van der Waals surface area contributed by atoms with Crippen LogP contribution in [0.3, 0.4) is 0 Å². The zero-order valence-corrected chi connectivity index (χ0v) is 23.9. The smallest absolute Gasteiger partial charge is 0.410 e. The Bertz CT molecular complexity index is 1500. The van der Waals surface area contributed by atoms with Crippen LogP contribution in [0, 0.1) is 6.92 Å². The number of anilines is 1. The lowest BCUT2D eigenvalue weighted by atomic mass is 10.0. The molecule has 0 aliphatic carbocycles. The molecule has 3 aromatic rings. The van der Waals surface area contributed by atoms with Crippen molar-refractivity contribution in [1.29, 1.82) is 0 Å². The molecule has 0 saturated heterocycles. The van der Waals surface area contributed by atoms with Crippen molar-refractivity contribution in [2.75, 3.05) is 17.9 Å². The molecule has 40 heavy (non-hydrogen) atoms. The van der Waals surface area contributed by atoms with Gasteiger partial charge in [-0.25, -0.2) is 27.3 Å². The molecule has 1 aliphatic heterocycles. The number of aryl methyl sites for hydroxylation is 1. The van der Waals surface area contributed by atoms with Gasteiger partial charge in [-0.2, -0.15) is 0 Å². The second-order valence-electron chi connectivity index (χ2n) is 10.6. The van der Waals surface area contributed by atoms with Crippen LogP contribution in [0.25, 0.3) is 0 Å². The lowest BCUT2D eigenvalue weighted by Gasteiger charge is -2.28. The first-order valence-corrected chi connectivity index (χ1v) is 14.2. The summed E-state index contributed by atoms with van der Waals surface area (Å²) in [6.07, 6.45) is 1.31. The molecule has 0 bridgehead atoms. The van der Waals surface area contributed by atoms with Gasteiger partial charge in [0.05, 0.1) is 4.90 Å². The van der Waals surface area contributed by atoms with Crippen molar-refractivity contribution in [2.24, 2.45) is 0 Å². The van der Waals surface area contributed by atoms with Crippen LogP contribution in [0.1, 0.15) is 37.5 Å². The van der Waals surface area contributed by atoms with Crippen molar-refractivity contribution in [1.82, 2.24) is 9.88 Å². The number of pyridine rings is 1. The van der Waals surface area contributed by atoms with Crippen LogP contribution in [0.2, 0.25) is 0 Å². The van der Waals surface area contributed by atoms with Gasteiger partial charge in [-0.1, -0.05) is 29.8 Å². The average Bonchev–Trinajstić information content (AvgIpc) is 3.33. The highest BCUT2D eigenvalue weighted by Crippen LogP contribution is 2.38. The summed E-state index contributed by atoms with van der Waals surface area (Å²) in [5, 5.41) is 9.73. The molecule has 1 atom stereocenters. The number of amides is 1. The highest BCUT2D eigenvalue weighted by Gasteiger charge is 2.34. The van der Waals surface area contributed by atoms with Crippen molar-refractivity contribution < 1.29 is 32.6 Å². The number of carboxylic acids is 1. The summed E-state index contributed by atoms with van der Waals surface area (Å²) >= 11 is 0. The molecule has 1 amide bonds. The highest BCUT2D eigenvalue weighted by molar-refractivity contribution is 7.92. The zero-order chi connectivity index (χ0) is 29.2. The molecular formula is C29H33N3O7S. The zero-order valence-electron chi connectivity index (χ0n) is 23.1. The maximum Gasteiger partial charge on any atom is 0.410 e. The van der Waals surface area contributed by atoms with E-state index in [0.29, 0.717) is 34.9 Å². The van der Waals surface area contributed by atoms with E-state index in [0.717, 1.165) is 10.5 Å². The quantitative estimate of drug-likeness (QED) is 0.412. The fourth-order valence-electron chi connectivity index (χ4n) is 4.30. The van der Waals surface area contributed by atoms with Gasteiger partial charge in [0.25, 0.3) is 10.0 Å². The van der Waals surface area contributed by atoms with Gasteiger partial charge in [0.1, 0.15) is 29.0 Å². The summed E-state index contributed by atoms with van der Waals surface area (Å²) in [5.41, 5.74) is 1.59. The predicted octanol–water partition coefficient (Wildman–Crippen LogP) is 4.80. The van der Waals surface area contributed by atoms with Crippen LogP contribution >= 0.6 is 0 Å². The van der Waals surface area contributed by atoms with Gasteiger partial charge in [0.2, 0.25) is 0 Å². The molecule has 2 heterocycles. The summed E-state index contributed by atoms with van der Waals surface area (Å²) in [6, 6.07) is 14.1. The van der Waals surface area contributed by atoms with Crippen LogP contribution in [0.15, 0.2) is 65.7 Å². The summed E-state index contributed by atoms with van der Waals surface area (Å²) in [6.45, 7) is 7.29. The van der Waals surface area contributed by atoms with E-state index in [1.165, 1.54) is 17.5 Å². The molecule has 0 radical (unpaired) electrons. The molecule has 212 valence electrons. The number of nitrogens with zero attached hydrogens (tertiary/aromatic N) is 3. The van der Waals surface area contributed by atoms with E-state index in [1.54, 1.807) is 75.4 Å². The molecule has 11 heteroatoms. The number of hydrogen-bond acceptors (Lipinski definition) is 7. The molecule has 0 saturated carbocycles. The van der Waals surface area contributed by atoms with E-state index in [1.807, 2.05) is 6.92 Å². The van der Waals surface area contributed by atoms with E-state index in [2.05, 4.69) is 4.98 Å². The summed E-state index contributed by atoms with van der Waals surface area (Å²) < 4.78 is 39.3. The Morgan fingerprint density at radius 2 is 1.73 bits per heavy atom. The molecule has 0 fully saturated rings.